The molecule has 0 aliphatic heterocycles. The monoisotopic (exact) mass is 938 g/mol. The molecule has 0 radical (unpaired) electrons. The highest BCUT2D eigenvalue weighted by atomic mass is 31.2. The van der Waals surface area contributed by atoms with E-state index in [-0.39, 0.29) is 12.8 Å². The number of aliphatic hydroxyl groups is 7. The number of nitrogens with one attached hydrogen (secondary N) is 1. The molecule has 8 atom stereocenters. The van der Waals surface area contributed by atoms with Gasteiger partial charge in [-0.05, 0) is 12.8 Å². The van der Waals surface area contributed by atoms with Gasteiger partial charge in [-0.3, -0.25) is 13.8 Å². The van der Waals surface area contributed by atoms with Crippen molar-refractivity contribution in [3.63, 3.8) is 0 Å². The minimum Gasteiger partial charge on any atom is -0.393 e. The van der Waals surface area contributed by atoms with Gasteiger partial charge in [0.05, 0.1) is 31.3 Å². The molecule has 0 heterocycles. The van der Waals surface area contributed by atoms with E-state index in [0.29, 0.717) is 12.8 Å². The summed E-state index contributed by atoms with van der Waals surface area (Å²) >= 11 is 0. The number of carbonyl (C=O) groups excluding carboxylic acids is 1. The number of hydrogen-bond donors (Lipinski definition) is 9. The molecule has 1 aliphatic rings. The van der Waals surface area contributed by atoms with Crippen LogP contribution in [-0.2, 0) is 18.4 Å². The highest BCUT2D eigenvalue weighted by Gasteiger charge is 2.51. The number of rotatable bonds is 45. The van der Waals surface area contributed by atoms with Crippen LogP contribution in [0.5, 0.6) is 0 Å². The summed E-state index contributed by atoms with van der Waals surface area (Å²) in [6, 6.07) is -1.15. The first kappa shape index (κ1) is 61.3. The molecule has 64 heavy (non-hydrogen) atoms. The van der Waals surface area contributed by atoms with Crippen molar-refractivity contribution in [2.75, 3.05) is 6.61 Å². The van der Waals surface area contributed by atoms with Crippen molar-refractivity contribution >= 4 is 13.7 Å². The Morgan fingerprint density at radius 3 is 1.12 bits per heavy atom. The molecule has 0 aromatic carbocycles. The lowest BCUT2D eigenvalue weighted by atomic mass is 9.85. The fourth-order valence-corrected chi connectivity index (χ4v) is 9.86. The van der Waals surface area contributed by atoms with E-state index in [1.54, 1.807) is 0 Å². The van der Waals surface area contributed by atoms with Crippen LogP contribution < -0.4 is 5.32 Å². The van der Waals surface area contributed by atoms with Crippen LogP contribution in [0.2, 0.25) is 0 Å². The molecule has 0 aromatic rings. The van der Waals surface area contributed by atoms with Crippen LogP contribution in [0.1, 0.15) is 251 Å². The molecule has 0 bridgehead atoms. The molecule has 1 amide bonds. The average molecular weight is 938 g/mol. The SMILES string of the molecule is CCCCCCCCCCCCCCCCCCCCCCCC(O)C(COP(=O)(O)OC1C(O)C(O)C(O)C(O)C1O)NC(=O)CC(O)CCCCCCCCCCCCCCC. The van der Waals surface area contributed by atoms with Crippen LogP contribution in [0.4, 0.5) is 0 Å². The Labute approximate surface area is 389 Å². The number of phosphoric ester groups is 1. The second-order valence-electron chi connectivity index (χ2n) is 19.3. The summed E-state index contributed by atoms with van der Waals surface area (Å²) in [5.41, 5.74) is 0. The van der Waals surface area contributed by atoms with Crippen LogP contribution in [0.3, 0.4) is 0 Å². The molecule has 0 spiro atoms. The molecule has 13 nitrogen and oxygen atoms in total. The normalized spacial score (nSPS) is 22.6. The minimum absolute atomic E-state index is 0.216. The zero-order valence-corrected chi connectivity index (χ0v) is 41.6. The molecule has 382 valence electrons. The van der Waals surface area contributed by atoms with Crippen molar-refractivity contribution in [2.24, 2.45) is 0 Å². The van der Waals surface area contributed by atoms with E-state index in [1.165, 1.54) is 167 Å². The van der Waals surface area contributed by atoms with E-state index < -0.39 is 75.2 Å². The quantitative estimate of drug-likeness (QED) is 0.0205. The average Bonchev–Trinajstić information content (AvgIpc) is 3.27. The summed E-state index contributed by atoms with van der Waals surface area (Å²) < 4.78 is 23.0. The topological polar surface area (TPSA) is 226 Å². The van der Waals surface area contributed by atoms with Gasteiger partial charge in [-0.2, -0.15) is 0 Å². The molecule has 1 rings (SSSR count). The van der Waals surface area contributed by atoms with Crippen LogP contribution >= 0.6 is 7.82 Å². The number of amides is 1. The van der Waals surface area contributed by atoms with Gasteiger partial charge in [-0.1, -0.05) is 232 Å². The predicted molar refractivity (Wildman–Crippen MR) is 257 cm³/mol. The number of aliphatic hydroxyl groups excluding tert-OH is 7. The van der Waals surface area contributed by atoms with Gasteiger partial charge in [0.15, 0.2) is 0 Å². The van der Waals surface area contributed by atoms with Gasteiger partial charge in [0.2, 0.25) is 5.91 Å². The molecular formula is C50H100NO12P. The lowest BCUT2D eigenvalue weighted by Gasteiger charge is -2.41. The first-order chi connectivity index (χ1) is 30.8. The van der Waals surface area contributed by atoms with Crippen LogP contribution in [0.25, 0.3) is 0 Å². The fraction of sp³-hybridized carbons (Fsp3) is 0.980. The number of carbonyl (C=O) groups is 1. The van der Waals surface area contributed by atoms with Crippen molar-refractivity contribution in [3.05, 3.63) is 0 Å². The van der Waals surface area contributed by atoms with E-state index >= 15 is 0 Å². The van der Waals surface area contributed by atoms with Gasteiger partial charge in [0.1, 0.15) is 36.6 Å². The zero-order chi connectivity index (χ0) is 47.3. The van der Waals surface area contributed by atoms with Gasteiger partial charge in [0.25, 0.3) is 0 Å². The lowest BCUT2D eigenvalue weighted by Crippen LogP contribution is -2.64. The van der Waals surface area contributed by atoms with Gasteiger partial charge in [-0.15, -0.1) is 0 Å². The van der Waals surface area contributed by atoms with Crippen molar-refractivity contribution < 1.29 is 59.0 Å². The van der Waals surface area contributed by atoms with E-state index in [1.807, 2.05) is 0 Å². The maximum absolute atomic E-state index is 13.1. The van der Waals surface area contributed by atoms with Crippen LogP contribution in [-0.4, -0.2) is 108 Å². The molecule has 0 aromatic heterocycles. The van der Waals surface area contributed by atoms with E-state index in [2.05, 4.69) is 19.2 Å². The molecule has 9 N–H and O–H groups in total. The Bertz CT molecular complexity index is 1110. The first-order valence-corrected chi connectivity index (χ1v) is 28.1. The first-order valence-electron chi connectivity index (χ1n) is 26.6. The third kappa shape index (κ3) is 31.4. The molecular weight excluding hydrogens is 838 g/mol. The molecule has 1 aliphatic carbocycles. The highest BCUT2D eigenvalue weighted by Crippen LogP contribution is 2.47. The van der Waals surface area contributed by atoms with Crippen molar-refractivity contribution in [1.29, 1.82) is 0 Å². The molecule has 1 saturated carbocycles. The van der Waals surface area contributed by atoms with E-state index in [9.17, 15) is 50.0 Å². The summed E-state index contributed by atoms with van der Waals surface area (Å²) in [5.74, 6) is -0.555. The third-order valence-electron chi connectivity index (χ3n) is 13.2. The largest absolute Gasteiger partial charge is 0.472 e. The second-order valence-corrected chi connectivity index (χ2v) is 20.7. The number of hydrogen-bond acceptors (Lipinski definition) is 11. The number of unbranched alkanes of at least 4 members (excludes halogenated alkanes) is 32. The highest BCUT2D eigenvalue weighted by molar-refractivity contribution is 7.47. The summed E-state index contributed by atoms with van der Waals surface area (Å²) in [4.78, 5) is 23.5. The molecule has 14 heteroatoms. The Morgan fingerprint density at radius 2 is 0.781 bits per heavy atom. The Balaban J connectivity index is 2.43. The van der Waals surface area contributed by atoms with E-state index in [4.69, 9.17) is 9.05 Å². The van der Waals surface area contributed by atoms with Crippen LogP contribution in [0.15, 0.2) is 0 Å². The Morgan fingerprint density at radius 1 is 0.484 bits per heavy atom. The van der Waals surface area contributed by atoms with Gasteiger partial charge in [-0.25, -0.2) is 4.57 Å². The van der Waals surface area contributed by atoms with Crippen molar-refractivity contribution in [2.45, 2.75) is 306 Å². The maximum atomic E-state index is 13.1. The third-order valence-corrected chi connectivity index (χ3v) is 14.2. The fourth-order valence-electron chi connectivity index (χ4n) is 8.90. The lowest BCUT2D eigenvalue weighted by molar-refractivity contribution is -0.220. The molecule has 0 saturated heterocycles. The Kier molecular flexibility index (Phi) is 38.5. The maximum Gasteiger partial charge on any atom is 0.472 e. The van der Waals surface area contributed by atoms with Gasteiger partial charge >= 0.3 is 7.82 Å². The summed E-state index contributed by atoms with van der Waals surface area (Å²) in [5, 5.41) is 74.8. The molecule has 8 unspecified atom stereocenters. The number of phosphoric acid groups is 1. The van der Waals surface area contributed by atoms with Gasteiger partial charge < -0.3 is 46.0 Å². The predicted octanol–water partition coefficient (Wildman–Crippen LogP) is 9.99. The van der Waals surface area contributed by atoms with Gasteiger partial charge in [0, 0.05) is 0 Å². The standard InChI is InChI=1S/C50H100NO12P/c1-3-5-7-9-11-13-15-17-18-19-20-21-22-23-24-26-28-30-32-34-36-38-43(53)42(40-62-64(60,61)63-50-48(58)46(56)45(55)47(57)49(50)59)51-44(54)39-41(52)37-35-33-31-29-27-25-16-14-12-10-8-6-4-2/h41-43,45-50,52-53,55-59H,3-40H2,1-2H3,(H,51,54)(H,60,61). The second kappa shape index (κ2) is 40.2. The summed E-state index contributed by atoms with van der Waals surface area (Å²) in [7, 11) is -5.12. The van der Waals surface area contributed by atoms with Crippen molar-refractivity contribution in [1.82, 2.24) is 5.32 Å². The zero-order valence-electron chi connectivity index (χ0n) is 40.7. The van der Waals surface area contributed by atoms with E-state index in [0.717, 1.165) is 44.9 Å². The van der Waals surface area contributed by atoms with Crippen molar-refractivity contribution in [3.8, 4) is 0 Å². The molecule has 1 fully saturated rings. The summed E-state index contributed by atoms with van der Waals surface area (Å²) in [6.45, 7) is 3.82. The smallest absolute Gasteiger partial charge is 0.393 e. The minimum atomic E-state index is -5.12. The summed E-state index contributed by atoms with van der Waals surface area (Å²) in [6.07, 6.45) is 28.6. The van der Waals surface area contributed by atoms with Crippen LogP contribution in [0, 0.1) is 0 Å². The Hall–Kier alpha value is -0.700.